The van der Waals surface area contributed by atoms with E-state index in [1.54, 1.807) is 19.1 Å². The van der Waals surface area contributed by atoms with E-state index >= 15 is 0 Å². The van der Waals surface area contributed by atoms with Gasteiger partial charge in [0.1, 0.15) is 0 Å². The fraction of sp³-hybridized carbons (Fsp3) is 0.649. The molecule has 0 spiro atoms. The van der Waals surface area contributed by atoms with E-state index in [9.17, 15) is 23.1 Å². The van der Waals surface area contributed by atoms with Crippen LogP contribution in [0.4, 0.5) is 13.2 Å². The number of piperidine rings is 1. The second kappa shape index (κ2) is 15.6. The van der Waals surface area contributed by atoms with Crippen molar-refractivity contribution in [2.45, 2.75) is 129 Å². The van der Waals surface area contributed by atoms with Crippen LogP contribution in [-0.2, 0) is 22.0 Å². The van der Waals surface area contributed by atoms with Crippen molar-refractivity contribution in [1.82, 2.24) is 4.90 Å². The summed E-state index contributed by atoms with van der Waals surface area (Å²) < 4.78 is 47.1. The molecule has 4 atom stereocenters. The fourth-order valence-corrected chi connectivity index (χ4v) is 13.2. The number of nitrogens with zero attached hydrogens (tertiary/aromatic N) is 1. The number of rotatable bonds is 14. The number of carboxylic acid groups (broad SMARTS) is 1. The molecule has 0 saturated carbocycles. The Morgan fingerprint density at radius 2 is 1.44 bits per heavy atom. The highest BCUT2D eigenvalue weighted by molar-refractivity contribution is 6.77. The predicted octanol–water partition coefficient (Wildman–Crippen LogP) is 11.0. The number of alkyl halides is 3. The smallest absolute Gasteiger partial charge is 0.416 e. The lowest BCUT2D eigenvalue weighted by Gasteiger charge is -2.45. The second-order valence-electron chi connectivity index (χ2n) is 14.6. The highest BCUT2D eigenvalue weighted by Gasteiger charge is 2.45. The average Bonchev–Trinajstić information content (AvgIpc) is 2.96. The van der Waals surface area contributed by atoms with Crippen LogP contribution in [-0.4, -0.2) is 30.8 Å². The van der Waals surface area contributed by atoms with Crippen molar-refractivity contribution in [2.75, 3.05) is 6.54 Å². The second-order valence-corrected chi connectivity index (χ2v) is 20.1. The van der Waals surface area contributed by atoms with Crippen LogP contribution in [0.5, 0.6) is 0 Å². The Labute approximate surface area is 270 Å². The topological polar surface area (TPSA) is 49.8 Å². The molecule has 0 amide bonds. The van der Waals surface area contributed by atoms with Crippen molar-refractivity contribution in [2.24, 2.45) is 17.8 Å². The number of benzene rings is 2. The molecule has 8 heteroatoms. The monoisotopic (exact) mass is 647 g/mol. The van der Waals surface area contributed by atoms with Crippen molar-refractivity contribution < 1.29 is 27.5 Å². The van der Waals surface area contributed by atoms with E-state index in [1.165, 1.54) is 5.56 Å². The minimum absolute atomic E-state index is 0.0522. The first-order chi connectivity index (χ1) is 21.0. The van der Waals surface area contributed by atoms with Gasteiger partial charge in [-0.05, 0) is 89.5 Å². The molecule has 0 radical (unpaired) electrons. The van der Waals surface area contributed by atoms with Crippen LogP contribution in [0.1, 0.15) is 122 Å². The Hall–Kier alpha value is -2.16. The number of likely N-dealkylation sites (tertiary alicyclic amines) is 1. The molecule has 1 N–H and O–H groups in total. The number of aliphatic carboxylic acids is 1. The molecule has 0 aliphatic carbocycles. The van der Waals surface area contributed by atoms with E-state index in [0.717, 1.165) is 42.5 Å². The summed E-state index contributed by atoms with van der Waals surface area (Å²) in [7, 11) is -2.00. The molecule has 1 fully saturated rings. The maximum absolute atomic E-state index is 13.4. The van der Waals surface area contributed by atoms with Gasteiger partial charge < -0.3 is 9.53 Å². The zero-order valence-corrected chi connectivity index (χ0v) is 29.8. The van der Waals surface area contributed by atoms with Crippen LogP contribution in [0.25, 0.3) is 0 Å². The number of carboxylic acids is 1. The van der Waals surface area contributed by atoms with Crippen molar-refractivity contribution in [3.05, 3.63) is 70.8 Å². The summed E-state index contributed by atoms with van der Waals surface area (Å²) in [4.78, 5) is 14.3. The fourth-order valence-electron chi connectivity index (χ4n) is 7.82. The Morgan fingerprint density at radius 1 is 0.889 bits per heavy atom. The van der Waals surface area contributed by atoms with Gasteiger partial charge in [0.15, 0.2) is 0 Å². The number of hydrogen-bond donors (Lipinski definition) is 1. The largest absolute Gasteiger partial charge is 0.481 e. The lowest BCUT2D eigenvalue weighted by molar-refractivity contribution is -0.144. The zero-order chi connectivity index (χ0) is 33.7. The van der Waals surface area contributed by atoms with Crippen LogP contribution in [0.15, 0.2) is 48.5 Å². The first kappa shape index (κ1) is 37.3. The molecular formula is C37H56F3NO3Si. The van der Waals surface area contributed by atoms with E-state index in [2.05, 4.69) is 84.6 Å². The van der Waals surface area contributed by atoms with Crippen molar-refractivity contribution in [1.29, 1.82) is 0 Å². The summed E-state index contributed by atoms with van der Waals surface area (Å²) in [5, 5.41) is 9.78. The molecule has 1 aliphatic rings. The van der Waals surface area contributed by atoms with Crippen LogP contribution in [0.3, 0.4) is 0 Å². The molecule has 2 aromatic carbocycles. The molecule has 2 aromatic rings. The minimum atomic E-state index is -4.40. The molecule has 252 valence electrons. The highest BCUT2D eigenvalue weighted by atomic mass is 28.4. The van der Waals surface area contributed by atoms with Gasteiger partial charge in [0.2, 0.25) is 8.32 Å². The number of hydrogen-bond acceptors (Lipinski definition) is 3. The summed E-state index contributed by atoms with van der Waals surface area (Å²) in [6, 6.07) is 14.1. The van der Waals surface area contributed by atoms with Crippen LogP contribution < -0.4 is 0 Å². The van der Waals surface area contributed by atoms with Gasteiger partial charge in [-0.3, -0.25) is 9.69 Å². The van der Waals surface area contributed by atoms with E-state index in [1.807, 2.05) is 0 Å². The van der Waals surface area contributed by atoms with Gasteiger partial charge in [0, 0.05) is 12.1 Å². The Bertz CT molecular complexity index is 1190. The summed E-state index contributed by atoms with van der Waals surface area (Å²) in [6.45, 7) is 21.2. The molecule has 0 aromatic heterocycles. The van der Waals surface area contributed by atoms with E-state index in [4.69, 9.17) is 4.43 Å². The first-order valence-electron chi connectivity index (χ1n) is 16.9. The molecule has 45 heavy (non-hydrogen) atoms. The van der Waals surface area contributed by atoms with Crippen LogP contribution in [0.2, 0.25) is 16.6 Å². The molecule has 1 aliphatic heterocycles. The standard InChI is InChI=1S/C37H56F3NO3Si/c1-24(2)10-19-34(30-13-11-29(12-14-30)23-44-45(25(3)4,26(5)6)27(7)8)41-21-20-32(28(9)36(42)43)22-35(41)31-15-17-33(18-16-31)37(38,39)40/h11-18,24-28,32,34-35H,10,19-23H2,1-9H3,(H,42,43). The minimum Gasteiger partial charge on any atom is -0.481 e. The van der Waals surface area contributed by atoms with E-state index < -0.39 is 31.9 Å². The maximum atomic E-state index is 13.4. The summed E-state index contributed by atoms with van der Waals surface area (Å²) in [6.07, 6.45) is -1.16. The van der Waals surface area contributed by atoms with Crippen LogP contribution in [0, 0.1) is 17.8 Å². The summed E-state index contributed by atoms with van der Waals surface area (Å²) in [5.41, 5.74) is 3.98. The average molecular weight is 648 g/mol. The van der Waals surface area contributed by atoms with E-state index in [-0.39, 0.29) is 18.0 Å². The van der Waals surface area contributed by atoms with Crippen molar-refractivity contribution >= 4 is 14.3 Å². The molecule has 1 saturated heterocycles. The third-order valence-electron chi connectivity index (χ3n) is 10.4. The van der Waals surface area contributed by atoms with Gasteiger partial charge in [-0.1, -0.05) is 98.7 Å². The quantitative estimate of drug-likeness (QED) is 0.207. The van der Waals surface area contributed by atoms with Gasteiger partial charge in [0.05, 0.1) is 18.1 Å². The number of carbonyl (C=O) groups is 1. The summed E-state index contributed by atoms with van der Waals surface area (Å²) >= 11 is 0. The zero-order valence-electron chi connectivity index (χ0n) is 28.8. The lowest BCUT2D eigenvalue weighted by atomic mass is 9.78. The van der Waals surface area contributed by atoms with Gasteiger partial charge in [-0.2, -0.15) is 13.2 Å². The summed E-state index contributed by atoms with van der Waals surface area (Å²) in [5.74, 6) is -0.900. The molecule has 4 nitrogen and oxygen atoms in total. The predicted molar refractivity (Wildman–Crippen MR) is 180 cm³/mol. The Kier molecular flexibility index (Phi) is 12.9. The molecule has 1 heterocycles. The molecular weight excluding hydrogens is 591 g/mol. The molecule has 0 bridgehead atoms. The first-order valence-corrected chi connectivity index (χ1v) is 19.0. The van der Waals surface area contributed by atoms with Crippen molar-refractivity contribution in [3.63, 3.8) is 0 Å². The SMILES string of the molecule is CC(C)CCC(c1ccc(CO[Si](C(C)C)(C(C)C)C(C)C)cc1)N1CCC(C(C)C(=O)O)CC1c1ccc(C(F)(F)F)cc1. The number of halogens is 3. The highest BCUT2D eigenvalue weighted by Crippen LogP contribution is 2.45. The normalized spacial score (nSPS) is 19.9. The van der Waals surface area contributed by atoms with Gasteiger partial charge >= 0.3 is 12.1 Å². The lowest BCUT2D eigenvalue weighted by Crippen LogP contribution is -2.47. The van der Waals surface area contributed by atoms with Crippen molar-refractivity contribution in [3.8, 4) is 0 Å². The van der Waals surface area contributed by atoms with Crippen LogP contribution >= 0.6 is 0 Å². The maximum Gasteiger partial charge on any atom is 0.416 e. The third-order valence-corrected chi connectivity index (χ3v) is 16.4. The van der Waals surface area contributed by atoms with Gasteiger partial charge in [0.25, 0.3) is 0 Å². The third kappa shape index (κ3) is 9.01. The Morgan fingerprint density at radius 3 is 1.91 bits per heavy atom. The molecule has 4 unspecified atom stereocenters. The van der Waals surface area contributed by atoms with Gasteiger partial charge in [-0.25, -0.2) is 0 Å². The Balaban J connectivity index is 1.96. The molecule has 3 rings (SSSR count). The van der Waals surface area contributed by atoms with E-state index in [0.29, 0.717) is 42.1 Å². The van der Waals surface area contributed by atoms with Gasteiger partial charge in [-0.15, -0.1) is 0 Å².